The number of piperidine rings is 1. The summed E-state index contributed by atoms with van der Waals surface area (Å²) in [6.45, 7) is 6.86. The lowest BCUT2D eigenvalue weighted by Gasteiger charge is -2.50. The molecule has 0 unspecified atom stereocenters. The molecule has 0 saturated carbocycles. The monoisotopic (exact) mass is 348 g/mol. The molecule has 0 spiro atoms. The zero-order chi connectivity index (χ0) is 17.9. The molecule has 2 aliphatic heterocycles. The van der Waals surface area contributed by atoms with E-state index < -0.39 is 0 Å². The van der Waals surface area contributed by atoms with E-state index in [-0.39, 0.29) is 23.5 Å². The molecular formula is C19H28N2O4. The first kappa shape index (κ1) is 18.1. The molecule has 0 bridgehead atoms. The summed E-state index contributed by atoms with van der Waals surface area (Å²) >= 11 is 0. The van der Waals surface area contributed by atoms with Crippen LogP contribution in [-0.4, -0.2) is 61.4 Å². The van der Waals surface area contributed by atoms with E-state index in [1.165, 1.54) is 7.11 Å². The Morgan fingerprint density at radius 2 is 2.36 bits per heavy atom. The van der Waals surface area contributed by atoms with Gasteiger partial charge in [-0.05, 0) is 45.2 Å². The molecule has 2 atom stereocenters. The number of nitrogens with zero attached hydrogens (tertiary/aromatic N) is 2. The van der Waals surface area contributed by atoms with Crippen LogP contribution in [0, 0.1) is 5.41 Å². The van der Waals surface area contributed by atoms with Crippen molar-refractivity contribution in [2.24, 2.45) is 5.41 Å². The molecule has 3 heterocycles. The number of carbonyl (C=O) groups excluding carboxylic acids is 1. The summed E-state index contributed by atoms with van der Waals surface area (Å²) in [5.74, 6) is 0.347. The number of amides is 1. The van der Waals surface area contributed by atoms with Crippen molar-refractivity contribution in [1.82, 2.24) is 9.88 Å². The number of rotatable bonds is 5. The minimum absolute atomic E-state index is 0.0297. The third-order valence-corrected chi connectivity index (χ3v) is 5.17. The van der Waals surface area contributed by atoms with Crippen molar-refractivity contribution in [2.75, 3.05) is 33.4 Å². The van der Waals surface area contributed by atoms with Crippen LogP contribution in [0.15, 0.2) is 18.3 Å². The van der Waals surface area contributed by atoms with Crippen LogP contribution in [0.2, 0.25) is 0 Å². The van der Waals surface area contributed by atoms with Crippen molar-refractivity contribution < 1.29 is 19.0 Å². The first-order valence-corrected chi connectivity index (χ1v) is 9.07. The van der Waals surface area contributed by atoms with Crippen molar-refractivity contribution >= 4 is 5.91 Å². The first-order valence-electron chi connectivity index (χ1n) is 9.07. The Bertz CT molecular complexity index is 607. The van der Waals surface area contributed by atoms with Crippen LogP contribution in [0.1, 0.15) is 43.5 Å². The van der Waals surface area contributed by atoms with Gasteiger partial charge in [-0.2, -0.15) is 0 Å². The first-order chi connectivity index (χ1) is 12.1. The van der Waals surface area contributed by atoms with Gasteiger partial charge >= 0.3 is 0 Å². The maximum atomic E-state index is 13.1. The quantitative estimate of drug-likeness (QED) is 0.818. The average Bonchev–Trinajstić information content (AvgIpc) is 2.65. The van der Waals surface area contributed by atoms with Gasteiger partial charge in [0, 0.05) is 31.3 Å². The van der Waals surface area contributed by atoms with Crippen molar-refractivity contribution in [1.29, 1.82) is 0 Å². The number of carbonyl (C=O) groups is 1. The molecule has 25 heavy (non-hydrogen) atoms. The molecule has 0 aliphatic carbocycles. The SMILES string of the molecule is COc1ncccc1C(=O)N1CC[C@@H]2OCCC[C@]2(COC(C)C)C1. The summed E-state index contributed by atoms with van der Waals surface area (Å²) in [5.41, 5.74) is 0.395. The highest BCUT2D eigenvalue weighted by molar-refractivity contribution is 5.96. The molecule has 6 nitrogen and oxygen atoms in total. The third-order valence-electron chi connectivity index (χ3n) is 5.17. The smallest absolute Gasteiger partial charge is 0.259 e. The minimum Gasteiger partial charge on any atom is -0.480 e. The van der Waals surface area contributed by atoms with E-state index in [0.29, 0.717) is 31.1 Å². The number of aromatic nitrogens is 1. The van der Waals surface area contributed by atoms with E-state index in [2.05, 4.69) is 4.98 Å². The van der Waals surface area contributed by atoms with Crippen LogP contribution in [0.4, 0.5) is 0 Å². The van der Waals surface area contributed by atoms with E-state index in [0.717, 1.165) is 25.9 Å². The lowest BCUT2D eigenvalue weighted by atomic mass is 9.73. The second-order valence-corrected chi connectivity index (χ2v) is 7.26. The van der Waals surface area contributed by atoms with Crippen molar-refractivity contribution in [3.63, 3.8) is 0 Å². The fourth-order valence-corrected chi connectivity index (χ4v) is 3.89. The Kier molecular flexibility index (Phi) is 5.59. The highest BCUT2D eigenvalue weighted by atomic mass is 16.5. The van der Waals surface area contributed by atoms with Gasteiger partial charge in [-0.15, -0.1) is 0 Å². The van der Waals surface area contributed by atoms with Gasteiger partial charge in [0.05, 0.1) is 25.9 Å². The van der Waals surface area contributed by atoms with E-state index >= 15 is 0 Å². The summed E-state index contributed by atoms with van der Waals surface area (Å²) in [7, 11) is 1.54. The van der Waals surface area contributed by atoms with Gasteiger partial charge in [0.25, 0.3) is 5.91 Å². The summed E-state index contributed by atoms with van der Waals surface area (Å²) in [6, 6.07) is 3.54. The molecule has 2 aliphatic rings. The largest absolute Gasteiger partial charge is 0.480 e. The predicted octanol–water partition coefficient (Wildman–Crippen LogP) is 2.53. The summed E-state index contributed by atoms with van der Waals surface area (Å²) < 4.78 is 17.3. The zero-order valence-electron chi connectivity index (χ0n) is 15.4. The molecule has 138 valence electrons. The van der Waals surface area contributed by atoms with Crippen LogP contribution < -0.4 is 4.74 Å². The molecule has 1 aromatic rings. The topological polar surface area (TPSA) is 60.9 Å². The molecule has 2 fully saturated rings. The molecule has 0 N–H and O–H groups in total. The molecule has 0 aromatic carbocycles. The number of methoxy groups -OCH3 is 1. The van der Waals surface area contributed by atoms with E-state index in [4.69, 9.17) is 14.2 Å². The Hall–Kier alpha value is -1.66. The lowest BCUT2D eigenvalue weighted by molar-refractivity contribution is -0.152. The fraction of sp³-hybridized carbons (Fsp3) is 0.684. The summed E-state index contributed by atoms with van der Waals surface area (Å²) in [6.07, 6.45) is 4.85. The van der Waals surface area contributed by atoms with Crippen molar-refractivity contribution in [3.8, 4) is 5.88 Å². The van der Waals surface area contributed by atoms with E-state index in [1.54, 1.807) is 18.3 Å². The van der Waals surface area contributed by atoms with Gasteiger partial charge in [-0.1, -0.05) is 0 Å². The standard InChI is InChI=1S/C19H28N2O4/c1-14(2)25-13-19-8-5-11-24-16(19)7-10-21(12-19)18(22)15-6-4-9-20-17(15)23-3/h4,6,9,14,16H,5,7-8,10-13H2,1-3H3/t16-,19+/m0/s1. The Morgan fingerprint density at radius 3 is 3.12 bits per heavy atom. The molecular weight excluding hydrogens is 320 g/mol. The highest BCUT2D eigenvalue weighted by Crippen LogP contribution is 2.41. The van der Waals surface area contributed by atoms with Gasteiger partial charge in [-0.25, -0.2) is 4.98 Å². The second-order valence-electron chi connectivity index (χ2n) is 7.26. The van der Waals surface area contributed by atoms with E-state index in [9.17, 15) is 4.79 Å². The van der Waals surface area contributed by atoms with Gasteiger partial charge in [0.15, 0.2) is 0 Å². The normalized spacial score (nSPS) is 26.4. The molecule has 1 aromatic heterocycles. The van der Waals surface area contributed by atoms with Crippen LogP contribution in [0.3, 0.4) is 0 Å². The minimum atomic E-state index is -0.119. The molecule has 0 radical (unpaired) electrons. The maximum absolute atomic E-state index is 13.1. The zero-order valence-corrected chi connectivity index (χ0v) is 15.4. The molecule has 6 heteroatoms. The summed E-state index contributed by atoms with van der Waals surface area (Å²) in [4.78, 5) is 19.1. The maximum Gasteiger partial charge on any atom is 0.259 e. The molecule has 1 amide bonds. The summed E-state index contributed by atoms with van der Waals surface area (Å²) in [5, 5.41) is 0. The van der Waals surface area contributed by atoms with Gasteiger partial charge in [0.1, 0.15) is 5.56 Å². The number of hydrogen-bond donors (Lipinski definition) is 0. The lowest BCUT2D eigenvalue weighted by Crippen LogP contribution is -2.58. The van der Waals surface area contributed by atoms with Crippen LogP contribution in [0.5, 0.6) is 5.88 Å². The number of hydrogen-bond acceptors (Lipinski definition) is 5. The van der Waals surface area contributed by atoms with Gasteiger partial charge in [-0.3, -0.25) is 4.79 Å². The van der Waals surface area contributed by atoms with Crippen molar-refractivity contribution in [3.05, 3.63) is 23.9 Å². The van der Waals surface area contributed by atoms with Gasteiger partial charge < -0.3 is 19.1 Å². The highest BCUT2D eigenvalue weighted by Gasteiger charge is 2.47. The number of pyridine rings is 1. The molecule has 3 rings (SSSR count). The number of ether oxygens (including phenoxy) is 3. The Balaban J connectivity index is 1.80. The Morgan fingerprint density at radius 1 is 1.52 bits per heavy atom. The van der Waals surface area contributed by atoms with Crippen molar-refractivity contribution in [2.45, 2.75) is 45.3 Å². The van der Waals surface area contributed by atoms with Crippen LogP contribution in [0.25, 0.3) is 0 Å². The Labute approximate surface area is 149 Å². The van der Waals surface area contributed by atoms with E-state index in [1.807, 2.05) is 18.7 Å². The second kappa shape index (κ2) is 7.70. The predicted molar refractivity (Wildman–Crippen MR) is 93.8 cm³/mol. The molecule has 2 saturated heterocycles. The average molecular weight is 348 g/mol. The van der Waals surface area contributed by atoms with Crippen LogP contribution in [-0.2, 0) is 9.47 Å². The van der Waals surface area contributed by atoms with Crippen LogP contribution >= 0.6 is 0 Å². The van der Waals surface area contributed by atoms with Gasteiger partial charge in [0.2, 0.25) is 5.88 Å². The number of likely N-dealkylation sites (tertiary alicyclic amines) is 1. The third kappa shape index (κ3) is 3.80. The number of fused-ring (bicyclic) bond motifs is 1. The fourth-order valence-electron chi connectivity index (χ4n) is 3.89.